The lowest BCUT2D eigenvalue weighted by atomic mass is 9.91. The molecule has 0 radical (unpaired) electrons. The number of aromatic nitrogens is 3. The normalized spacial score (nSPS) is 18.3. The van der Waals surface area contributed by atoms with Gasteiger partial charge in [0.1, 0.15) is 0 Å². The van der Waals surface area contributed by atoms with Gasteiger partial charge >= 0.3 is 0 Å². The third-order valence-electron chi connectivity index (χ3n) is 6.30. The van der Waals surface area contributed by atoms with Crippen LogP contribution in [0.3, 0.4) is 0 Å². The first-order valence-corrected chi connectivity index (χ1v) is 13.9. The average molecular weight is 527 g/mol. The molecular formula is C26H31ClN6O2S. The largest absolute Gasteiger partial charge is 0.351 e. The second-order valence-electron chi connectivity index (χ2n) is 8.78. The van der Waals surface area contributed by atoms with Gasteiger partial charge in [-0.25, -0.2) is 23.4 Å². The van der Waals surface area contributed by atoms with Gasteiger partial charge in [-0.05, 0) is 62.9 Å². The zero-order valence-corrected chi connectivity index (χ0v) is 22.0. The summed E-state index contributed by atoms with van der Waals surface area (Å²) in [5.41, 5.74) is 2.36. The Morgan fingerprint density at radius 1 is 1.03 bits per heavy atom. The Morgan fingerprint density at radius 2 is 1.69 bits per heavy atom. The van der Waals surface area contributed by atoms with Crippen LogP contribution >= 0.6 is 11.6 Å². The summed E-state index contributed by atoms with van der Waals surface area (Å²) < 4.78 is 27.9. The molecule has 0 spiro atoms. The number of hydrogen-bond donors (Lipinski definition) is 3. The van der Waals surface area contributed by atoms with Crippen molar-refractivity contribution in [3.63, 3.8) is 0 Å². The monoisotopic (exact) mass is 526 g/mol. The van der Waals surface area contributed by atoms with E-state index in [-0.39, 0.29) is 15.7 Å². The first kappa shape index (κ1) is 26.1. The standard InChI is InChI=1S/C26H31ClN6O2S/c1-3-24-19(15-23(27)25(32-24)33-36(34,35)22-7-5-4-6-8-22)10-9-18-16-29-26(30-17-18)31-21-13-11-20(28-2)12-14-21/h4-10,15-17,20-21,28H,3,11-14H2,1-2H3,(H,32,33)(H,29,30,31)/b10-9+. The molecule has 0 unspecified atom stereocenters. The number of rotatable bonds is 9. The van der Waals surface area contributed by atoms with E-state index in [1.54, 1.807) is 36.7 Å². The summed E-state index contributed by atoms with van der Waals surface area (Å²) in [7, 11) is -1.77. The molecule has 0 atom stereocenters. The van der Waals surface area contributed by atoms with E-state index >= 15 is 0 Å². The van der Waals surface area contributed by atoms with Crippen LogP contribution in [-0.4, -0.2) is 42.5 Å². The topological polar surface area (TPSA) is 109 Å². The fourth-order valence-corrected chi connectivity index (χ4v) is 5.53. The molecular weight excluding hydrogens is 496 g/mol. The van der Waals surface area contributed by atoms with Crippen LogP contribution in [-0.2, 0) is 16.4 Å². The molecule has 36 heavy (non-hydrogen) atoms. The third kappa shape index (κ3) is 6.60. The summed E-state index contributed by atoms with van der Waals surface area (Å²) in [5.74, 6) is 0.742. The van der Waals surface area contributed by atoms with Gasteiger partial charge in [-0.3, -0.25) is 4.72 Å². The van der Waals surface area contributed by atoms with E-state index in [0.717, 1.165) is 42.5 Å². The van der Waals surface area contributed by atoms with E-state index in [0.29, 0.717) is 24.5 Å². The highest BCUT2D eigenvalue weighted by atomic mass is 35.5. The van der Waals surface area contributed by atoms with E-state index in [4.69, 9.17) is 11.6 Å². The summed E-state index contributed by atoms with van der Waals surface area (Å²) in [4.78, 5) is 13.6. The number of aryl methyl sites for hydroxylation is 1. The van der Waals surface area contributed by atoms with Gasteiger partial charge in [-0.1, -0.05) is 48.9 Å². The maximum Gasteiger partial charge on any atom is 0.263 e. The van der Waals surface area contributed by atoms with Crippen molar-refractivity contribution >= 4 is 45.5 Å². The molecule has 3 aromatic rings. The van der Waals surface area contributed by atoms with Crippen molar-refractivity contribution in [1.82, 2.24) is 20.3 Å². The van der Waals surface area contributed by atoms with E-state index in [1.165, 1.54) is 12.1 Å². The summed E-state index contributed by atoms with van der Waals surface area (Å²) in [6, 6.07) is 10.8. The van der Waals surface area contributed by atoms with E-state index in [9.17, 15) is 8.42 Å². The second-order valence-corrected chi connectivity index (χ2v) is 10.9. The maximum atomic E-state index is 12.7. The predicted molar refractivity (Wildman–Crippen MR) is 146 cm³/mol. The molecule has 0 saturated heterocycles. The minimum Gasteiger partial charge on any atom is -0.351 e. The highest BCUT2D eigenvalue weighted by Crippen LogP contribution is 2.27. The predicted octanol–water partition coefficient (Wildman–Crippen LogP) is 5.00. The molecule has 0 bridgehead atoms. The number of benzene rings is 1. The second kappa shape index (κ2) is 11.8. The van der Waals surface area contributed by atoms with Crippen LogP contribution in [0.4, 0.5) is 11.8 Å². The zero-order chi connectivity index (χ0) is 25.5. The van der Waals surface area contributed by atoms with Crippen molar-refractivity contribution < 1.29 is 8.42 Å². The number of sulfonamides is 1. The Balaban J connectivity index is 1.44. The molecule has 1 saturated carbocycles. The van der Waals surface area contributed by atoms with Crippen molar-refractivity contribution in [1.29, 1.82) is 0 Å². The van der Waals surface area contributed by atoms with Crippen LogP contribution in [0.1, 0.15) is 49.4 Å². The summed E-state index contributed by atoms with van der Waals surface area (Å²) in [6.45, 7) is 1.96. The molecule has 0 aliphatic heterocycles. The minimum atomic E-state index is -3.79. The summed E-state index contributed by atoms with van der Waals surface area (Å²) in [5, 5.41) is 6.99. The number of halogens is 1. The maximum absolute atomic E-state index is 12.7. The molecule has 1 aromatic carbocycles. The van der Waals surface area contributed by atoms with E-state index < -0.39 is 10.0 Å². The van der Waals surface area contributed by atoms with Crippen LogP contribution in [0, 0.1) is 0 Å². The molecule has 4 rings (SSSR count). The zero-order valence-electron chi connectivity index (χ0n) is 20.4. The van der Waals surface area contributed by atoms with Gasteiger partial charge in [-0.2, -0.15) is 0 Å². The first-order chi connectivity index (χ1) is 17.4. The summed E-state index contributed by atoms with van der Waals surface area (Å²) in [6.07, 6.45) is 12.4. The van der Waals surface area contributed by atoms with Gasteiger partial charge in [-0.15, -0.1) is 0 Å². The number of hydrogen-bond acceptors (Lipinski definition) is 7. The molecule has 1 aliphatic rings. The van der Waals surface area contributed by atoms with Crippen molar-refractivity contribution in [3.05, 3.63) is 70.6 Å². The molecule has 190 valence electrons. The Kier molecular flexibility index (Phi) is 8.56. The molecule has 10 heteroatoms. The number of nitrogens with zero attached hydrogens (tertiary/aromatic N) is 3. The lowest BCUT2D eigenvalue weighted by Gasteiger charge is -2.28. The first-order valence-electron chi connectivity index (χ1n) is 12.1. The van der Waals surface area contributed by atoms with Gasteiger partial charge in [0, 0.05) is 35.7 Å². The van der Waals surface area contributed by atoms with Crippen LogP contribution in [0.25, 0.3) is 12.2 Å². The molecule has 1 fully saturated rings. The molecule has 2 heterocycles. The van der Waals surface area contributed by atoms with Gasteiger partial charge < -0.3 is 10.6 Å². The number of pyridine rings is 1. The third-order valence-corrected chi connectivity index (χ3v) is 7.95. The van der Waals surface area contributed by atoms with E-state index in [2.05, 4.69) is 30.3 Å². The van der Waals surface area contributed by atoms with Crippen molar-refractivity contribution in [2.75, 3.05) is 17.1 Å². The smallest absolute Gasteiger partial charge is 0.263 e. The molecule has 0 amide bonds. The van der Waals surface area contributed by atoms with Crippen LogP contribution in [0.2, 0.25) is 5.02 Å². The van der Waals surface area contributed by atoms with Gasteiger partial charge in [0.05, 0.1) is 9.92 Å². The molecule has 3 N–H and O–H groups in total. The van der Waals surface area contributed by atoms with Crippen LogP contribution in [0.5, 0.6) is 0 Å². The van der Waals surface area contributed by atoms with Gasteiger partial charge in [0.15, 0.2) is 5.82 Å². The van der Waals surface area contributed by atoms with Crippen molar-refractivity contribution in [2.24, 2.45) is 0 Å². The van der Waals surface area contributed by atoms with Crippen LogP contribution < -0.4 is 15.4 Å². The molecule has 2 aromatic heterocycles. The lowest BCUT2D eigenvalue weighted by Crippen LogP contribution is -2.35. The lowest BCUT2D eigenvalue weighted by molar-refractivity contribution is 0.370. The molecule has 8 nitrogen and oxygen atoms in total. The number of nitrogens with one attached hydrogen (secondary N) is 3. The SMILES string of the molecule is CCc1nc(NS(=O)(=O)c2ccccc2)c(Cl)cc1/C=C/c1cnc(NC2CCC(NC)CC2)nc1. The quantitative estimate of drug-likeness (QED) is 0.360. The van der Waals surface area contributed by atoms with Crippen molar-refractivity contribution in [3.8, 4) is 0 Å². The van der Waals surface area contributed by atoms with E-state index in [1.807, 2.05) is 26.1 Å². The Labute approximate surface area is 217 Å². The molecule has 1 aliphatic carbocycles. The van der Waals surface area contributed by atoms with Gasteiger partial charge in [0.2, 0.25) is 5.95 Å². The minimum absolute atomic E-state index is 0.108. The van der Waals surface area contributed by atoms with Gasteiger partial charge in [0.25, 0.3) is 10.0 Å². The Hall–Kier alpha value is -3.01. The fourth-order valence-electron chi connectivity index (χ4n) is 4.22. The summed E-state index contributed by atoms with van der Waals surface area (Å²) >= 11 is 6.41. The Bertz CT molecular complexity index is 1290. The van der Waals surface area contributed by atoms with Crippen LogP contribution in [0.15, 0.2) is 53.7 Å². The number of anilines is 2. The average Bonchev–Trinajstić information content (AvgIpc) is 2.90. The fraction of sp³-hybridized carbons (Fsp3) is 0.346. The highest BCUT2D eigenvalue weighted by molar-refractivity contribution is 7.92. The Morgan fingerprint density at radius 3 is 2.33 bits per heavy atom. The van der Waals surface area contributed by atoms with Crippen molar-refractivity contribution in [2.45, 2.75) is 56.0 Å². The highest BCUT2D eigenvalue weighted by Gasteiger charge is 2.20.